The summed E-state index contributed by atoms with van der Waals surface area (Å²) in [5, 5.41) is 3.02. The molecule has 3 nitrogen and oxygen atoms in total. The smallest absolute Gasteiger partial charge is 0.330 e. The van der Waals surface area contributed by atoms with Gasteiger partial charge in [0, 0.05) is 18.3 Å². The first kappa shape index (κ1) is 14.7. The van der Waals surface area contributed by atoms with Crippen LogP contribution < -0.4 is 5.32 Å². The Morgan fingerprint density at radius 2 is 2.28 bits per heavy atom. The highest BCUT2D eigenvalue weighted by molar-refractivity contribution is 9.10. The van der Waals surface area contributed by atoms with Crippen LogP contribution in [0.5, 0.6) is 0 Å². The molecule has 0 aromatic heterocycles. The average molecular weight is 316 g/mol. The zero-order chi connectivity index (χ0) is 13.5. The van der Waals surface area contributed by atoms with Gasteiger partial charge in [-0.15, -0.1) is 0 Å². The summed E-state index contributed by atoms with van der Waals surface area (Å²) >= 11 is 3.12. The minimum Gasteiger partial charge on any atom is -0.463 e. The Morgan fingerprint density at radius 3 is 2.94 bits per heavy atom. The van der Waals surface area contributed by atoms with Crippen LogP contribution in [-0.2, 0) is 9.53 Å². The summed E-state index contributed by atoms with van der Waals surface area (Å²) in [4.78, 5) is 11.0. The summed E-state index contributed by atoms with van der Waals surface area (Å²) in [6.45, 7) is 4.41. The van der Waals surface area contributed by atoms with E-state index in [-0.39, 0.29) is 11.8 Å². The molecular formula is C13H15BrFNO2. The minimum absolute atomic E-state index is 0.322. The van der Waals surface area contributed by atoms with Crippen LogP contribution >= 0.6 is 15.9 Å². The molecule has 0 saturated carbocycles. The van der Waals surface area contributed by atoms with Gasteiger partial charge < -0.3 is 10.1 Å². The van der Waals surface area contributed by atoms with Crippen LogP contribution in [0.2, 0.25) is 0 Å². The number of hydrogen-bond donors (Lipinski definition) is 1. The van der Waals surface area contributed by atoms with Crippen molar-refractivity contribution in [3.8, 4) is 0 Å². The molecule has 1 aromatic rings. The van der Waals surface area contributed by atoms with Crippen molar-refractivity contribution >= 4 is 27.6 Å². The number of ether oxygens (including phenoxy) is 1. The van der Waals surface area contributed by atoms with Crippen LogP contribution in [0.15, 0.2) is 28.8 Å². The van der Waals surface area contributed by atoms with E-state index in [1.807, 2.05) is 6.92 Å². The van der Waals surface area contributed by atoms with Crippen molar-refractivity contribution < 1.29 is 13.9 Å². The lowest BCUT2D eigenvalue weighted by molar-refractivity contribution is -0.137. The molecule has 1 aromatic carbocycles. The van der Waals surface area contributed by atoms with E-state index in [4.69, 9.17) is 4.74 Å². The molecule has 0 aliphatic carbocycles. The molecule has 0 radical (unpaired) electrons. The van der Waals surface area contributed by atoms with Crippen LogP contribution in [0.4, 0.5) is 10.1 Å². The third kappa shape index (κ3) is 4.49. The summed E-state index contributed by atoms with van der Waals surface area (Å²) in [5.74, 6) is -0.699. The molecule has 98 valence electrons. The zero-order valence-corrected chi connectivity index (χ0v) is 11.9. The van der Waals surface area contributed by atoms with Crippen molar-refractivity contribution in [1.29, 1.82) is 0 Å². The van der Waals surface area contributed by atoms with E-state index < -0.39 is 0 Å². The van der Waals surface area contributed by atoms with E-state index in [1.165, 1.54) is 12.1 Å². The number of carbonyl (C=O) groups excluding carboxylic acids is 1. The second kappa shape index (κ2) is 7.16. The number of aryl methyl sites for hydroxylation is 1. The maximum atomic E-state index is 13.3. The van der Waals surface area contributed by atoms with E-state index in [2.05, 4.69) is 21.2 Å². The van der Waals surface area contributed by atoms with Gasteiger partial charge >= 0.3 is 5.97 Å². The number of hydrogen-bond acceptors (Lipinski definition) is 3. The molecule has 1 rings (SSSR count). The third-order valence-corrected chi connectivity index (χ3v) is 2.83. The highest BCUT2D eigenvalue weighted by Gasteiger charge is 2.04. The van der Waals surface area contributed by atoms with Crippen LogP contribution in [0, 0.1) is 12.7 Å². The van der Waals surface area contributed by atoms with Gasteiger partial charge in [-0.2, -0.15) is 0 Å². The van der Waals surface area contributed by atoms with E-state index in [9.17, 15) is 9.18 Å². The van der Waals surface area contributed by atoms with Crippen molar-refractivity contribution in [2.24, 2.45) is 0 Å². The summed E-state index contributed by atoms with van der Waals surface area (Å²) in [5.41, 5.74) is 1.62. The quantitative estimate of drug-likeness (QED) is 0.668. The Labute approximate surface area is 114 Å². The van der Waals surface area contributed by atoms with Crippen molar-refractivity contribution in [2.45, 2.75) is 13.8 Å². The molecule has 0 aliphatic heterocycles. The predicted molar refractivity (Wildman–Crippen MR) is 73.1 cm³/mol. The Balaban J connectivity index is 2.54. The van der Waals surface area contributed by atoms with Crippen molar-refractivity contribution in [3.05, 3.63) is 40.1 Å². The van der Waals surface area contributed by atoms with E-state index in [1.54, 1.807) is 19.1 Å². The average Bonchev–Trinajstić information content (AvgIpc) is 2.31. The lowest BCUT2D eigenvalue weighted by Crippen LogP contribution is -2.03. The highest BCUT2D eigenvalue weighted by Crippen LogP contribution is 2.23. The minimum atomic E-state index is -0.377. The normalized spacial score (nSPS) is 10.7. The topological polar surface area (TPSA) is 38.3 Å². The van der Waals surface area contributed by atoms with Gasteiger partial charge in [0.1, 0.15) is 5.82 Å². The molecule has 0 fully saturated rings. The van der Waals surface area contributed by atoms with Crippen molar-refractivity contribution in [3.63, 3.8) is 0 Å². The standard InChI is InChI=1S/C13H15BrFNO2/c1-3-18-13(17)5-4-6-16-12-8-11(15)10(14)7-9(12)2/h4-5,7-8,16H,3,6H2,1-2H3/b5-4+. The third-order valence-electron chi connectivity index (χ3n) is 2.22. The summed E-state index contributed by atoms with van der Waals surface area (Å²) in [6, 6.07) is 3.12. The molecule has 0 aliphatic rings. The highest BCUT2D eigenvalue weighted by atomic mass is 79.9. The van der Waals surface area contributed by atoms with Gasteiger partial charge in [0.15, 0.2) is 0 Å². The number of esters is 1. The van der Waals surface area contributed by atoms with Crippen molar-refractivity contribution in [1.82, 2.24) is 0 Å². The Bertz CT molecular complexity index is 461. The van der Waals surface area contributed by atoms with Crippen LogP contribution in [0.3, 0.4) is 0 Å². The molecule has 0 atom stereocenters. The van der Waals surface area contributed by atoms with Gasteiger partial charge in [-0.1, -0.05) is 6.08 Å². The Kier molecular flexibility index (Phi) is 5.85. The van der Waals surface area contributed by atoms with Crippen LogP contribution in [-0.4, -0.2) is 19.1 Å². The van der Waals surface area contributed by atoms with Gasteiger partial charge in [0.25, 0.3) is 0 Å². The Hall–Kier alpha value is -1.36. The van der Waals surface area contributed by atoms with Gasteiger partial charge in [-0.05, 0) is 47.5 Å². The fourth-order valence-corrected chi connectivity index (χ4v) is 1.81. The first-order valence-electron chi connectivity index (χ1n) is 5.57. The zero-order valence-electron chi connectivity index (χ0n) is 10.3. The molecule has 18 heavy (non-hydrogen) atoms. The molecule has 0 saturated heterocycles. The number of rotatable bonds is 5. The van der Waals surface area contributed by atoms with Crippen molar-refractivity contribution in [2.75, 3.05) is 18.5 Å². The molecule has 0 amide bonds. The maximum Gasteiger partial charge on any atom is 0.330 e. The summed E-state index contributed by atoms with van der Waals surface area (Å²) in [6.07, 6.45) is 2.98. The lowest BCUT2D eigenvalue weighted by atomic mass is 10.2. The molecule has 5 heteroatoms. The second-order valence-electron chi connectivity index (χ2n) is 3.62. The Morgan fingerprint density at radius 1 is 1.56 bits per heavy atom. The largest absolute Gasteiger partial charge is 0.463 e. The molecule has 0 heterocycles. The molecule has 0 unspecified atom stereocenters. The van der Waals surface area contributed by atoms with Crippen LogP contribution in [0.25, 0.3) is 0 Å². The number of nitrogens with one attached hydrogen (secondary N) is 1. The number of benzene rings is 1. The fraction of sp³-hybridized carbons (Fsp3) is 0.308. The fourth-order valence-electron chi connectivity index (χ4n) is 1.35. The van der Waals surface area contributed by atoms with E-state index in [0.29, 0.717) is 23.3 Å². The maximum absolute atomic E-state index is 13.3. The van der Waals surface area contributed by atoms with E-state index >= 15 is 0 Å². The van der Waals surface area contributed by atoms with Gasteiger partial charge in [-0.25, -0.2) is 9.18 Å². The first-order chi connectivity index (χ1) is 8.54. The number of halogens is 2. The van der Waals surface area contributed by atoms with Gasteiger partial charge in [0.2, 0.25) is 0 Å². The van der Waals surface area contributed by atoms with Gasteiger partial charge in [0.05, 0.1) is 11.1 Å². The molecular weight excluding hydrogens is 301 g/mol. The second-order valence-corrected chi connectivity index (χ2v) is 4.47. The summed E-state index contributed by atoms with van der Waals surface area (Å²) in [7, 11) is 0. The molecule has 0 spiro atoms. The van der Waals surface area contributed by atoms with Gasteiger partial charge in [-0.3, -0.25) is 0 Å². The number of anilines is 1. The molecule has 0 bridgehead atoms. The first-order valence-corrected chi connectivity index (χ1v) is 6.36. The number of carbonyl (C=O) groups is 1. The van der Waals surface area contributed by atoms with E-state index in [0.717, 1.165) is 5.56 Å². The van der Waals surface area contributed by atoms with Crippen LogP contribution in [0.1, 0.15) is 12.5 Å². The SMILES string of the molecule is CCOC(=O)/C=C/CNc1cc(F)c(Br)cc1C. The summed E-state index contributed by atoms with van der Waals surface area (Å²) < 4.78 is 18.5. The molecule has 1 N–H and O–H groups in total. The predicted octanol–water partition coefficient (Wildman–Crippen LogP) is 3.43. The lowest BCUT2D eigenvalue weighted by Gasteiger charge is -2.08. The monoisotopic (exact) mass is 315 g/mol.